The molecule has 0 spiro atoms. The average molecular weight is 363 g/mol. The zero-order valence-corrected chi connectivity index (χ0v) is 14.7. The van der Waals surface area contributed by atoms with Gasteiger partial charge in [0, 0.05) is 13.1 Å². The molecule has 1 atom stereocenters. The van der Waals surface area contributed by atoms with Gasteiger partial charge in [0.05, 0.1) is 17.0 Å². The Morgan fingerprint density at radius 2 is 2.00 bits per heavy atom. The van der Waals surface area contributed by atoms with Gasteiger partial charge in [0.25, 0.3) is 0 Å². The molecule has 1 aromatic carbocycles. The third-order valence-corrected chi connectivity index (χ3v) is 5.36. The molecule has 23 heavy (non-hydrogen) atoms. The van der Waals surface area contributed by atoms with E-state index in [1.165, 1.54) is 12.1 Å². The van der Waals surface area contributed by atoms with Gasteiger partial charge in [-0.3, -0.25) is 9.10 Å². The summed E-state index contributed by atoms with van der Waals surface area (Å²) in [5.74, 6) is -0.862. The summed E-state index contributed by atoms with van der Waals surface area (Å²) in [5.41, 5.74) is 0.193. The minimum Gasteiger partial charge on any atom is -0.341 e. The van der Waals surface area contributed by atoms with Crippen LogP contribution in [0.3, 0.4) is 0 Å². The van der Waals surface area contributed by atoms with Crippen LogP contribution in [-0.4, -0.2) is 44.6 Å². The van der Waals surface area contributed by atoms with E-state index in [0.717, 1.165) is 29.5 Å². The predicted molar refractivity (Wildman–Crippen MR) is 88.6 cm³/mol. The van der Waals surface area contributed by atoms with Crippen molar-refractivity contribution in [2.45, 2.75) is 32.2 Å². The molecule has 1 heterocycles. The Kier molecular flexibility index (Phi) is 5.52. The van der Waals surface area contributed by atoms with Crippen LogP contribution in [0.25, 0.3) is 0 Å². The van der Waals surface area contributed by atoms with E-state index in [9.17, 15) is 17.6 Å². The van der Waals surface area contributed by atoms with Gasteiger partial charge in [0.2, 0.25) is 15.9 Å². The Bertz CT molecular complexity index is 690. The van der Waals surface area contributed by atoms with Gasteiger partial charge < -0.3 is 4.90 Å². The van der Waals surface area contributed by atoms with Gasteiger partial charge in [0.15, 0.2) is 0 Å². The smallest absolute Gasteiger partial charge is 0.246 e. The van der Waals surface area contributed by atoms with Crippen LogP contribution in [0, 0.1) is 5.82 Å². The Morgan fingerprint density at radius 3 is 2.48 bits per heavy atom. The number of amides is 1. The number of nitrogens with zero attached hydrogens (tertiary/aromatic N) is 2. The Morgan fingerprint density at radius 1 is 1.39 bits per heavy atom. The molecule has 0 bridgehead atoms. The van der Waals surface area contributed by atoms with Gasteiger partial charge in [-0.05, 0) is 37.5 Å². The third-order valence-electron chi connectivity index (χ3n) is 3.89. The van der Waals surface area contributed by atoms with Crippen molar-refractivity contribution in [2.24, 2.45) is 0 Å². The first-order chi connectivity index (χ1) is 10.8. The molecule has 1 fully saturated rings. The molecule has 0 saturated carbocycles. The van der Waals surface area contributed by atoms with Gasteiger partial charge >= 0.3 is 0 Å². The van der Waals surface area contributed by atoms with E-state index in [0.29, 0.717) is 19.5 Å². The second kappa shape index (κ2) is 7.05. The minimum absolute atomic E-state index is 0.181. The van der Waals surface area contributed by atoms with E-state index >= 15 is 0 Å². The lowest BCUT2D eigenvalue weighted by molar-refractivity contribution is -0.131. The van der Waals surface area contributed by atoms with E-state index in [2.05, 4.69) is 0 Å². The summed E-state index contributed by atoms with van der Waals surface area (Å²) in [5, 5.41) is -0.181. The van der Waals surface area contributed by atoms with Crippen molar-refractivity contribution in [2.75, 3.05) is 23.7 Å². The molecular formula is C15H20ClFN2O3S. The summed E-state index contributed by atoms with van der Waals surface area (Å²) in [6, 6.07) is 2.80. The molecule has 2 rings (SSSR count). The van der Waals surface area contributed by atoms with Gasteiger partial charge in [-0.2, -0.15) is 0 Å². The molecule has 1 aliphatic rings. The van der Waals surface area contributed by atoms with Crippen LogP contribution < -0.4 is 4.31 Å². The number of sulfonamides is 1. The fourth-order valence-corrected chi connectivity index (χ4v) is 4.19. The molecule has 0 aliphatic carbocycles. The van der Waals surface area contributed by atoms with Gasteiger partial charge in [-0.25, -0.2) is 12.8 Å². The van der Waals surface area contributed by atoms with E-state index in [-0.39, 0.29) is 16.6 Å². The molecule has 8 heteroatoms. The highest BCUT2D eigenvalue weighted by Gasteiger charge is 2.35. The number of hydrogen-bond acceptors (Lipinski definition) is 3. The first kappa shape index (κ1) is 18.0. The topological polar surface area (TPSA) is 57.7 Å². The van der Waals surface area contributed by atoms with Gasteiger partial charge in [-0.15, -0.1) is 0 Å². The molecule has 0 unspecified atom stereocenters. The number of likely N-dealkylation sites (tertiary alicyclic amines) is 1. The first-order valence-electron chi connectivity index (χ1n) is 7.49. The van der Waals surface area contributed by atoms with Crippen LogP contribution in [-0.2, 0) is 14.8 Å². The highest BCUT2D eigenvalue weighted by molar-refractivity contribution is 7.92. The fourth-order valence-electron chi connectivity index (χ4n) is 2.81. The molecule has 1 aliphatic heterocycles. The van der Waals surface area contributed by atoms with Gasteiger partial charge in [0.1, 0.15) is 11.9 Å². The maximum absolute atomic E-state index is 13.4. The normalized spacial score (nSPS) is 16.4. The number of carbonyl (C=O) groups is 1. The van der Waals surface area contributed by atoms with Crippen molar-refractivity contribution in [3.05, 3.63) is 29.0 Å². The SMILES string of the molecule is CC[C@H](C(=O)N1CCCC1)N(c1ccc(F)c(Cl)c1)S(C)(=O)=O. The molecule has 5 nitrogen and oxygen atoms in total. The molecule has 0 N–H and O–H groups in total. The summed E-state index contributed by atoms with van der Waals surface area (Å²) >= 11 is 5.77. The predicted octanol–water partition coefficient (Wildman–Crippen LogP) is 2.65. The van der Waals surface area contributed by atoms with Crippen LogP contribution in [0.15, 0.2) is 18.2 Å². The molecule has 0 radical (unpaired) electrons. The summed E-state index contributed by atoms with van der Waals surface area (Å²) in [7, 11) is -3.73. The summed E-state index contributed by atoms with van der Waals surface area (Å²) in [6.07, 6.45) is 3.19. The lowest BCUT2D eigenvalue weighted by Crippen LogP contribution is -2.50. The van der Waals surface area contributed by atoms with Crippen LogP contribution >= 0.6 is 11.6 Å². The Balaban J connectivity index is 2.43. The van der Waals surface area contributed by atoms with E-state index in [1.807, 2.05) is 0 Å². The largest absolute Gasteiger partial charge is 0.341 e. The van der Waals surface area contributed by atoms with Crippen molar-refractivity contribution in [1.82, 2.24) is 4.90 Å². The standard InChI is InChI=1S/C15H20ClFN2O3S/c1-3-14(15(20)18-8-4-5-9-18)19(23(2,21)22)11-6-7-13(17)12(16)10-11/h6-7,10,14H,3-5,8-9H2,1-2H3/t14-/m1/s1. The van der Waals surface area contributed by atoms with Crippen LogP contribution in [0.2, 0.25) is 5.02 Å². The summed E-state index contributed by atoms with van der Waals surface area (Å²) in [6.45, 7) is 3.02. The van der Waals surface area contributed by atoms with Crippen LogP contribution in [0.5, 0.6) is 0 Å². The molecule has 1 aromatic rings. The molecule has 0 aromatic heterocycles. The van der Waals surface area contributed by atoms with Crippen LogP contribution in [0.4, 0.5) is 10.1 Å². The fraction of sp³-hybridized carbons (Fsp3) is 0.533. The number of carbonyl (C=O) groups excluding carboxylic acids is 1. The number of hydrogen-bond donors (Lipinski definition) is 0. The van der Waals surface area contributed by atoms with Crippen molar-refractivity contribution in [3.63, 3.8) is 0 Å². The minimum atomic E-state index is -3.73. The maximum atomic E-state index is 13.4. The monoisotopic (exact) mass is 362 g/mol. The lowest BCUT2D eigenvalue weighted by Gasteiger charge is -2.32. The third kappa shape index (κ3) is 3.95. The maximum Gasteiger partial charge on any atom is 0.246 e. The van der Waals surface area contributed by atoms with E-state index in [4.69, 9.17) is 11.6 Å². The van der Waals surface area contributed by atoms with E-state index < -0.39 is 21.9 Å². The van der Waals surface area contributed by atoms with Crippen molar-refractivity contribution in [1.29, 1.82) is 0 Å². The molecule has 1 amide bonds. The van der Waals surface area contributed by atoms with E-state index in [1.54, 1.807) is 11.8 Å². The number of anilines is 1. The molecule has 1 saturated heterocycles. The quantitative estimate of drug-likeness (QED) is 0.809. The van der Waals surface area contributed by atoms with Crippen LogP contribution in [0.1, 0.15) is 26.2 Å². The molecular weight excluding hydrogens is 343 g/mol. The number of benzene rings is 1. The van der Waals surface area contributed by atoms with Crippen molar-refractivity contribution in [3.8, 4) is 0 Å². The molecule has 128 valence electrons. The second-order valence-corrected chi connectivity index (χ2v) is 7.88. The average Bonchev–Trinajstić information content (AvgIpc) is 3.00. The Hall–Kier alpha value is -1.34. The summed E-state index contributed by atoms with van der Waals surface area (Å²) < 4.78 is 38.9. The lowest BCUT2D eigenvalue weighted by atomic mass is 10.1. The van der Waals surface area contributed by atoms with Gasteiger partial charge in [-0.1, -0.05) is 18.5 Å². The van der Waals surface area contributed by atoms with Crippen molar-refractivity contribution < 1.29 is 17.6 Å². The number of halogens is 2. The van der Waals surface area contributed by atoms with Crippen molar-refractivity contribution >= 4 is 33.2 Å². The zero-order chi connectivity index (χ0) is 17.2. The highest BCUT2D eigenvalue weighted by Crippen LogP contribution is 2.28. The zero-order valence-electron chi connectivity index (χ0n) is 13.1. The number of rotatable bonds is 5. The Labute approximate surface area is 141 Å². The first-order valence-corrected chi connectivity index (χ1v) is 9.71. The highest BCUT2D eigenvalue weighted by atomic mass is 35.5. The summed E-state index contributed by atoms with van der Waals surface area (Å²) in [4.78, 5) is 14.4. The second-order valence-electron chi connectivity index (χ2n) is 5.61.